The Hall–Kier alpha value is -1.47. The summed E-state index contributed by atoms with van der Waals surface area (Å²) < 4.78 is 31.3. The molecule has 0 saturated carbocycles. The summed E-state index contributed by atoms with van der Waals surface area (Å²) in [5, 5.41) is 8.44. The van der Waals surface area contributed by atoms with Gasteiger partial charge >= 0.3 is 5.97 Å². The van der Waals surface area contributed by atoms with Gasteiger partial charge in [0.2, 0.25) is 0 Å². The lowest BCUT2D eigenvalue weighted by Gasteiger charge is -2.05. The Bertz CT molecular complexity index is 438. The highest BCUT2D eigenvalue weighted by Crippen LogP contribution is 2.08. The first-order valence-corrected chi connectivity index (χ1v) is 4.46. The van der Waals surface area contributed by atoms with Gasteiger partial charge in [0.05, 0.1) is 10.5 Å². The van der Waals surface area contributed by atoms with Gasteiger partial charge in [0.15, 0.2) is 0 Å². The smallest absolute Gasteiger partial charge is 0.337 e. The number of nitrogens with zero attached hydrogens (tertiary/aromatic N) is 1. The molecule has 1 heterocycles. The lowest BCUT2D eigenvalue weighted by atomic mass is 10.3. The topological polar surface area (TPSA) is 107 Å². The number of carbonyl (C=O) groups is 1. The number of aromatic nitrogens is 1. The minimum absolute atomic E-state index is 0.336. The van der Waals surface area contributed by atoms with Gasteiger partial charge < -0.3 is 9.66 Å². The third-order valence-corrected chi connectivity index (χ3v) is 2.05. The van der Waals surface area contributed by atoms with Crippen LogP contribution in [0.2, 0.25) is 0 Å². The molecule has 0 aliphatic heterocycles. The first-order chi connectivity index (χ1) is 5.91. The van der Waals surface area contributed by atoms with E-state index in [1.165, 1.54) is 0 Å². The molecule has 0 saturated heterocycles. The average molecular weight is 202 g/mol. The van der Waals surface area contributed by atoms with Crippen LogP contribution in [-0.2, 0) is 10.1 Å². The van der Waals surface area contributed by atoms with Crippen molar-refractivity contribution in [2.45, 2.75) is 4.90 Å². The van der Waals surface area contributed by atoms with Crippen LogP contribution < -0.4 is 0 Å². The van der Waals surface area contributed by atoms with E-state index in [0.717, 1.165) is 18.5 Å². The Morgan fingerprint density at radius 1 is 1.46 bits per heavy atom. The maximum atomic E-state index is 10.4. The van der Waals surface area contributed by atoms with Crippen molar-refractivity contribution < 1.29 is 22.9 Å². The maximum Gasteiger partial charge on any atom is 0.337 e. The Morgan fingerprint density at radius 3 is 2.54 bits per heavy atom. The summed E-state index contributed by atoms with van der Waals surface area (Å²) in [6.45, 7) is 0. The van der Waals surface area contributed by atoms with Gasteiger partial charge in [-0.3, -0.25) is 4.98 Å². The van der Waals surface area contributed by atoms with Gasteiger partial charge in [0.1, 0.15) is 10.1 Å². The molecule has 0 bridgehead atoms. The summed E-state index contributed by atoms with van der Waals surface area (Å²) in [4.78, 5) is 13.0. The Morgan fingerprint density at radius 2 is 2.08 bits per heavy atom. The van der Waals surface area contributed by atoms with Crippen LogP contribution in [0.3, 0.4) is 0 Å². The quantitative estimate of drug-likeness (QED) is 0.658. The Labute approximate surface area is 73.6 Å². The minimum atomic E-state index is -4.63. The molecule has 0 unspecified atom stereocenters. The predicted octanol–water partition coefficient (Wildman–Crippen LogP) is -0.316. The second-order valence-electron chi connectivity index (χ2n) is 2.17. The van der Waals surface area contributed by atoms with Crippen LogP contribution in [0, 0.1) is 0 Å². The van der Waals surface area contributed by atoms with Gasteiger partial charge in [-0.25, -0.2) is 13.2 Å². The van der Waals surface area contributed by atoms with Crippen molar-refractivity contribution in [3.63, 3.8) is 0 Å². The van der Waals surface area contributed by atoms with Crippen LogP contribution in [0.4, 0.5) is 0 Å². The van der Waals surface area contributed by atoms with Gasteiger partial charge in [-0.15, -0.1) is 0 Å². The summed E-state index contributed by atoms with van der Waals surface area (Å²) in [7, 11) is -4.63. The molecular formula is C6H4NO5S-. The van der Waals surface area contributed by atoms with Crippen molar-refractivity contribution in [3.8, 4) is 0 Å². The van der Waals surface area contributed by atoms with E-state index in [1.807, 2.05) is 0 Å². The molecule has 7 heteroatoms. The van der Waals surface area contributed by atoms with Crippen LogP contribution in [0.1, 0.15) is 10.4 Å². The summed E-state index contributed by atoms with van der Waals surface area (Å²) in [5.74, 6) is -1.34. The number of hydrogen-bond acceptors (Lipinski definition) is 5. The molecule has 0 radical (unpaired) electrons. The van der Waals surface area contributed by atoms with Gasteiger partial charge in [0, 0.05) is 12.4 Å². The fraction of sp³-hybridized carbons (Fsp3) is 0. The molecule has 1 aromatic heterocycles. The zero-order valence-corrected chi connectivity index (χ0v) is 6.98. The van der Waals surface area contributed by atoms with Crippen molar-refractivity contribution >= 4 is 16.1 Å². The molecule has 0 aliphatic rings. The van der Waals surface area contributed by atoms with E-state index < -0.39 is 21.0 Å². The molecule has 0 amide bonds. The fourth-order valence-corrected chi connectivity index (χ4v) is 1.13. The lowest BCUT2D eigenvalue weighted by molar-refractivity contribution is 0.0696. The van der Waals surface area contributed by atoms with Crippen LogP contribution >= 0.6 is 0 Å². The van der Waals surface area contributed by atoms with E-state index in [0.29, 0.717) is 0 Å². The van der Waals surface area contributed by atoms with E-state index in [9.17, 15) is 17.8 Å². The van der Waals surface area contributed by atoms with E-state index in [2.05, 4.69) is 4.98 Å². The minimum Gasteiger partial charge on any atom is -0.744 e. The molecule has 1 aromatic rings. The molecule has 70 valence electrons. The molecule has 1 N–H and O–H groups in total. The summed E-state index contributed by atoms with van der Waals surface area (Å²) in [6, 6.07) is 0.762. The van der Waals surface area contributed by atoms with Gasteiger partial charge in [-0.05, 0) is 6.07 Å². The summed E-state index contributed by atoms with van der Waals surface area (Å²) in [6.07, 6.45) is 1.76. The SMILES string of the molecule is O=C(O)c1cncc(S(=O)(=O)[O-])c1. The summed E-state index contributed by atoms with van der Waals surface area (Å²) in [5.41, 5.74) is -0.336. The fourth-order valence-electron chi connectivity index (χ4n) is 0.673. The molecule has 0 aromatic carbocycles. The lowest BCUT2D eigenvalue weighted by Crippen LogP contribution is -2.03. The summed E-state index contributed by atoms with van der Waals surface area (Å²) >= 11 is 0. The second-order valence-corrected chi connectivity index (χ2v) is 3.55. The molecule has 0 fully saturated rings. The van der Waals surface area contributed by atoms with Crippen LogP contribution in [0.5, 0.6) is 0 Å². The average Bonchev–Trinajstić information content (AvgIpc) is 2.03. The number of carboxylic acids is 1. The van der Waals surface area contributed by atoms with E-state index in [4.69, 9.17) is 5.11 Å². The molecular weight excluding hydrogens is 198 g/mol. The van der Waals surface area contributed by atoms with Crippen LogP contribution in [-0.4, -0.2) is 29.0 Å². The number of carboxylic acid groups (broad SMARTS) is 1. The van der Waals surface area contributed by atoms with Gasteiger partial charge in [0.25, 0.3) is 0 Å². The second kappa shape index (κ2) is 3.11. The zero-order chi connectivity index (χ0) is 10.1. The highest BCUT2D eigenvalue weighted by molar-refractivity contribution is 7.85. The number of hydrogen-bond donors (Lipinski definition) is 1. The maximum absolute atomic E-state index is 10.4. The van der Waals surface area contributed by atoms with Crippen molar-refractivity contribution in [3.05, 3.63) is 24.0 Å². The normalized spacial score (nSPS) is 11.2. The van der Waals surface area contributed by atoms with Crippen LogP contribution in [0.15, 0.2) is 23.4 Å². The van der Waals surface area contributed by atoms with E-state index >= 15 is 0 Å². The Balaban J connectivity index is 3.29. The van der Waals surface area contributed by atoms with Crippen molar-refractivity contribution in [2.75, 3.05) is 0 Å². The van der Waals surface area contributed by atoms with Crippen molar-refractivity contribution in [2.24, 2.45) is 0 Å². The number of pyridine rings is 1. The standard InChI is InChI=1S/C6H5NO5S/c8-6(9)4-1-5(3-7-2-4)13(10,11)12/h1-3H,(H,8,9)(H,10,11,12)/p-1. The first kappa shape index (κ1) is 9.62. The van der Waals surface area contributed by atoms with Crippen molar-refractivity contribution in [1.29, 1.82) is 0 Å². The molecule has 6 nitrogen and oxygen atoms in total. The molecule has 1 rings (SSSR count). The number of rotatable bonds is 2. The zero-order valence-electron chi connectivity index (χ0n) is 6.17. The third kappa shape index (κ3) is 2.23. The predicted molar refractivity (Wildman–Crippen MR) is 39.2 cm³/mol. The molecule has 0 aliphatic carbocycles. The third-order valence-electron chi connectivity index (χ3n) is 1.25. The molecule has 13 heavy (non-hydrogen) atoms. The molecule has 0 spiro atoms. The van der Waals surface area contributed by atoms with Gasteiger partial charge in [-0.1, -0.05) is 0 Å². The highest BCUT2D eigenvalue weighted by atomic mass is 32.2. The van der Waals surface area contributed by atoms with E-state index in [1.54, 1.807) is 0 Å². The Kier molecular flexibility index (Phi) is 2.30. The van der Waals surface area contributed by atoms with Crippen LogP contribution in [0.25, 0.3) is 0 Å². The van der Waals surface area contributed by atoms with Crippen molar-refractivity contribution in [1.82, 2.24) is 4.98 Å². The largest absolute Gasteiger partial charge is 0.744 e. The first-order valence-electron chi connectivity index (χ1n) is 3.05. The van der Waals surface area contributed by atoms with Gasteiger partial charge in [-0.2, -0.15) is 0 Å². The highest BCUT2D eigenvalue weighted by Gasteiger charge is 2.07. The monoisotopic (exact) mass is 202 g/mol. The number of aromatic carboxylic acids is 1. The van der Waals surface area contributed by atoms with E-state index in [-0.39, 0.29) is 5.56 Å². The molecule has 0 atom stereocenters.